The van der Waals surface area contributed by atoms with Gasteiger partial charge in [-0.05, 0) is 60.7 Å². The van der Waals surface area contributed by atoms with Crippen molar-refractivity contribution in [1.82, 2.24) is 13.7 Å². The second-order valence-electron chi connectivity index (χ2n) is 18.2. The second kappa shape index (κ2) is 13.3. The minimum atomic E-state index is 0.334. The summed E-state index contributed by atoms with van der Waals surface area (Å²) in [6.07, 6.45) is 0. The van der Waals surface area contributed by atoms with E-state index in [0.29, 0.717) is 33.8 Å². The molecule has 8 heteroatoms. The monoisotopic (exact) mass is 893 g/mol. The standard InChI is InChI=1S/C62H31N5O3/c63-32-46-51(65-48-19-7-1-13-34(48)40-25-43-37-16-4-10-22-56(37)68-59(43)29-53(40)65)28-52(66-49-20-8-2-14-35(49)41-26-44-38-17-5-11-23-57(38)69-60(44)30-54(41)66)47(33-64)62(46)67-50-21-9-3-15-36(50)42-27-45-39-18-6-12-24-58(39)70-61(45)31-55(42)67/h1-31H. The van der Waals surface area contributed by atoms with Crippen LogP contribution in [-0.2, 0) is 0 Å². The fourth-order valence-electron chi connectivity index (χ4n) is 11.8. The average Bonchev–Trinajstić information content (AvgIpc) is 4.25. The van der Waals surface area contributed by atoms with Crippen LogP contribution in [0.5, 0.6) is 0 Å². The number of rotatable bonds is 3. The molecular formula is C62H31N5O3. The molecule has 16 rings (SSSR count). The Labute approximate surface area is 395 Å². The Balaban J connectivity index is 1.12. The number of hydrogen-bond acceptors (Lipinski definition) is 5. The molecule has 0 fully saturated rings. The minimum Gasteiger partial charge on any atom is -0.456 e. The van der Waals surface area contributed by atoms with E-state index in [1.807, 2.05) is 84.9 Å². The fraction of sp³-hybridized carbons (Fsp3) is 0. The van der Waals surface area contributed by atoms with E-state index in [2.05, 4.69) is 129 Å². The van der Waals surface area contributed by atoms with Gasteiger partial charge in [0.15, 0.2) is 0 Å². The van der Waals surface area contributed by atoms with Gasteiger partial charge in [0.05, 0.1) is 50.2 Å². The Hall–Kier alpha value is -10.0. The molecule has 6 heterocycles. The lowest BCUT2D eigenvalue weighted by atomic mass is 10.0. The molecule has 0 aliphatic rings. The second-order valence-corrected chi connectivity index (χ2v) is 18.2. The third-order valence-corrected chi connectivity index (χ3v) is 14.7. The predicted molar refractivity (Wildman–Crippen MR) is 281 cm³/mol. The highest BCUT2D eigenvalue weighted by Gasteiger charge is 2.29. The van der Waals surface area contributed by atoms with E-state index in [0.717, 1.165) is 126 Å². The maximum atomic E-state index is 11.9. The molecule has 16 aromatic rings. The highest BCUT2D eigenvalue weighted by molar-refractivity contribution is 6.21. The SMILES string of the molecule is N#Cc1c(-n2c3ccccc3c3cc4c(cc32)oc2ccccc24)cc(-n2c3ccccc3c3cc4c(cc32)oc2ccccc24)c(C#N)c1-n1c2ccccc2c2cc3c(cc21)oc1ccccc13. The van der Waals surface area contributed by atoms with Crippen molar-refractivity contribution in [2.75, 3.05) is 0 Å². The van der Waals surface area contributed by atoms with Gasteiger partial charge in [-0.25, -0.2) is 0 Å². The highest BCUT2D eigenvalue weighted by Crippen LogP contribution is 2.46. The quantitative estimate of drug-likeness (QED) is 0.176. The van der Waals surface area contributed by atoms with Gasteiger partial charge >= 0.3 is 0 Å². The molecule has 0 saturated carbocycles. The molecule has 10 aromatic carbocycles. The number of nitrogens with zero attached hydrogens (tertiary/aromatic N) is 5. The van der Waals surface area contributed by atoms with Crippen LogP contribution in [0, 0.1) is 22.7 Å². The van der Waals surface area contributed by atoms with Gasteiger partial charge in [-0.1, -0.05) is 109 Å². The van der Waals surface area contributed by atoms with Gasteiger partial charge < -0.3 is 27.0 Å². The van der Waals surface area contributed by atoms with Gasteiger partial charge in [0.25, 0.3) is 0 Å². The van der Waals surface area contributed by atoms with Crippen molar-refractivity contribution in [3.8, 4) is 29.2 Å². The Morgan fingerprint density at radius 3 is 0.957 bits per heavy atom. The van der Waals surface area contributed by atoms with Crippen molar-refractivity contribution >= 4 is 131 Å². The molecule has 0 bridgehead atoms. The number of fused-ring (bicyclic) bond motifs is 18. The van der Waals surface area contributed by atoms with Gasteiger partial charge in [-0.15, -0.1) is 0 Å². The highest BCUT2D eigenvalue weighted by atomic mass is 16.3. The van der Waals surface area contributed by atoms with E-state index < -0.39 is 0 Å². The maximum absolute atomic E-state index is 11.9. The molecule has 0 N–H and O–H groups in total. The number of furan rings is 3. The maximum Gasteiger partial charge on any atom is 0.137 e. The predicted octanol–water partition coefficient (Wildman–Crippen LogP) is 16.4. The van der Waals surface area contributed by atoms with Crippen LogP contribution in [0.15, 0.2) is 201 Å². The topological polar surface area (TPSA) is 102 Å². The summed E-state index contributed by atoms with van der Waals surface area (Å²) in [4.78, 5) is 0. The van der Waals surface area contributed by atoms with Gasteiger partial charge in [-0.2, -0.15) is 10.5 Å². The van der Waals surface area contributed by atoms with Crippen LogP contribution in [0.3, 0.4) is 0 Å². The summed E-state index contributed by atoms with van der Waals surface area (Å²) in [5.41, 5.74) is 12.1. The summed E-state index contributed by atoms with van der Waals surface area (Å²) < 4.78 is 26.2. The first kappa shape index (κ1) is 37.1. The first-order chi connectivity index (χ1) is 34.6. The van der Waals surface area contributed by atoms with Crippen molar-refractivity contribution in [3.05, 3.63) is 199 Å². The zero-order chi connectivity index (χ0) is 45.9. The zero-order valence-electron chi connectivity index (χ0n) is 36.9. The number of hydrogen-bond donors (Lipinski definition) is 0. The van der Waals surface area contributed by atoms with Gasteiger partial charge in [-0.3, -0.25) is 0 Å². The molecule has 0 spiro atoms. The third kappa shape index (κ3) is 4.71. The van der Waals surface area contributed by atoms with Crippen molar-refractivity contribution in [2.24, 2.45) is 0 Å². The number of nitriles is 2. The molecule has 0 aliphatic carbocycles. The average molecular weight is 894 g/mol. The molecule has 0 radical (unpaired) electrons. The zero-order valence-corrected chi connectivity index (χ0v) is 36.9. The normalized spacial score (nSPS) is 12.3. The van der Waals surface area contributed by atoms with Crippen LogP contribution in [0.1, 0.15) is 11.1 Å². The Morgan fingerprint density at radius 2 is 0.586 bits per heavy atom. The van der Waals surface area contributed by atoms with E-state index in [9.17, 15) is 10.5 Å². The molecule has 0 amide bonds. The molecule has 70 heavy (non-hydrogen) atoms. The molecule has 0 atom stereocenters. The van der Waals surface area contributed by atoms with Gasteiger partial charge in [0.2, 0.25) is 0 Å². The van der Waals surface area contributed by atoms with Crippen LogP contribution < -0.4 is 0 Å². The summed E-state index contributed by atoms with van der Waals surface area (Å²) in [6, 6.07) is 69.5. The van der Waals surface area contributed by atoms with E-state index in [4.69, 9.17) is 13.3 Å². The largest absolute Gasteiger partial charge is 0.456 e. The summed E-state index contributed by atoms with van der Waals surface area (Å²) >= 11 is 0. The summed E-state index contributed by atoms with van der Waals surface area (Å²) in [5.74, 6) is 0. The lowest BCUT2D eigenvalue weighted by Crippen LogP contribution is -2.11. The van der Waals surface area contributed by atoms with Crippen molar-refractivity contribution < 1.29 is 13.3 Å². The number of aromatic nitrogens is 3. The smallest absolute Gasteiger partial charge is 0.137 e. The molecular weight excluding hydrogens is 863 g/mol. The van der Waals surface area contributed by atoms with Crippen molar-refractivity contribution in [3.63, 3.8) is 0 Å². The third-order valence-electron chi connectivity index (χ3n) is 14.7. The Morgan fingerprint density at radius 1 is 0.271 bits per heavy atom. The first-order valence-corrected chi connectivity index (χ1v) is 23.2. The van der Waals surface area contributed by atoms with Crippen molar-refractivity contribution in [1.29, 1.82) is 10.5 Å². The molecule has 0 saturated heterocycles. The molecule has 0 unspecified atom stereocenters. The summed E-state index contributed by atoms with van der Waals surface area (Å²) in [5, 5.41) is 36.0. The lowest BCUT2D eigenvalue weighted by Gasteiger charge is -2.21. The molecule has 8 nitrogen and oxygen atoms in total. The number of benzene rings is 10. The van der Waals surface area contributed by atoms with E-state index >= 15 is 0 Å². The van der Waals surface area contributed by atoms with E-state index in [1.165, 1.54) is 0 Å². The van der Waals surface area contributed by atoms with Crippen LogP contribution in [0.4, 0.5) is 0 Å². The first-order valence-electron chi connectivity index (χ1n) is 23.2. The Kier molecular flexibility index (Phi) is 7.06. The van der Waals surface area contributed by atoms with E-state index in [1.54, 1.807) is 0 Å². The van der Waals surface area contributed by atoms with Crippen LogP contribution in [-0.4, -0.2) is 13.7 Å². The van der Waals surface area contributed by atoms with Crippen molar-refractivity contribution in [2.45, 2.75) is 0 Å². The minimum absolute atomic E-state index is 0.334. The number of para-hydroxylation sites is 6. The van der Waals surface area contributed by atoms with Gasteiger partial charge in [0, 0.05) is 82.8 Å². The molecule has 322 valence electrons. The van der Waals surface area contributed by atoms with Crippen LogP contribution >= 0.6 is 0 Å². The van der Waals surface area contributed by atoms with Crippen LogP contribution in [0.25, 0.3) is 148 Å². The summed E-state index contributed by atoms with van der Waals surface area (Å²) in [7, 11) is 0. The Bertz CT molecular complexity index is 4890. The van der Waals surface area contributed by atoms with Crippen LogP contribution in [0.2, 0.25) is 0 Å². The fourth-order valence-corrected chi connectivity index (χ4v) is 11.8. The van der Waals surface area contributed by atoms with E-state index in [-0.39, 0.29) is 0 Å². The van der Waals surface area contributed by atoms with Gasteiger partial charge in [0.1, 0.15) is 56.8 Å². The lowest BCUT2D eigenvalue weighted by molar-refractivity contribution is 0.669. The molecule has 6 aromatic heterocycles. The molecule has 0 aliphatic heterocycles. The summed E-state index contributed by atoms with van der Waals surface area (Å²) in [6.45, 7) is 0.